The van der Waals surface area contributed by atoms with Crippen molar-refractivity contribution in [1.82, 2.24) is 0 Å². The minimum atomic E-state index is -0.412. The van der Waals surface area contributed by atoms with Crippen LogP contribution in [0.3, 0.4) is 0 Å². The molecule has 0 unspecified atom stereocenters. The standard InChI is InChI=1S/C28H36O6/c1-22(2)27(29)33-21-11-9-7-5-4-6-8-10-20-32-25-14-12-23(13-15-25)28(30)34-26-18-16-24(31-3)17-19-26/h12-19H,1,4-11,20-21H2,2-3H3. The molecule has 0 fully saturated rings. The van der Waals surface area contributed by atoms with E-state index >= 15 is 0 Å². The van der Waals surface area contributed by atoms with Gasteiger partial charge in [0.25, 0.3) is 0 Å². The van der Waals surface area contributed by atoms with E-state index in [9.17, 15) is 9.59 Å². The van der Waals surface area contributed by atoms with E-state index in [2.05, 4.69) is 6.58 Å². The first-order valence-electron chi connectivity index (χ1n) is 11.9. The van der Waals surface area contributed by atoms with Crippen LogP contribution in [0, 0.1) is 0 Å². The molecule has 0 aliphatic rings. The van der Waals surface area contributed by atoms with Crippen LogP contribution in [0.4, 0.5) is 0 Å². The van der Waals surface area contributed by atoms with Gasteiger partial charge in [-0.1, -0.05) is 45.1 Å². The molecule has 0 amide bonds. The van der Waals surface area contributed by atoms with Crippen LogP contribution in [0.2, 0.25) is 0 Å². The smallest absolute Gasteiger partial charge is 0.343 e. The Morgan fingerprint density at radius 3 is 1.76 bits per heavy atom. The summed E-state index contributed by atoms with van der Waals surface area (Å²) in [5.74, 6) is 1.20. The topological polar surface area (TPSA) is 71.1 Å². The number of esters is 2. The molecule has 184 valence electrons. The maximum Gasteiger partial charge on any atom is 0.343 e. The summed E-state index contributed by atoms with van der Waals surface area (Å²) in [6, 6.07) is 13.9. The molecule has 34 heavy (non-hydrogen) atoms. The monoisotopic (exact) mass is 468 g/mol. The summed E-state index contributed by atoms with van der Waals surface area (Å²) in [5, 5.41) is 0. The van der Waals surface area contributed by atoms with E-state index in [1.165, 1.54) is 19.3 Å². The first-order chi connectivity index (χ1) is 16.5. The molecular weight excluding hydrogens is 432 g/mol. The van der Waals surface area contributed by atoms with Crippen molar-refractivity contribution in [3.63, 3.8) is 0 Å². The molecule has 6 nitrogen and oxygen atoms in total. The van der Waals surface area contributed by atoms with Crippen LogP contribution < -0.4 is 14.2 Å². The minimum Gasteiger partial charge on any atom is -0.497 e. The number of methoxy groups -OCH3 is 1. The molecular formula is C28H36O6. The molecule has 0 aromatic heterocycles. The molecule has 0 saturated carbocycles. The Bertz CT molecular complexity index is 886. The Labute approximate surface area is 202 Å². The van der Waals surface area contributed by atoms with Gasteiger partial charge in [0.05, 0.1) is 25.9 Å². The van der Waals surface area contributed by atoms with Crippen molar-refractivity contribution in [3.05, 3.63) is 66.2 Å². The molecule has 0 bridgehead atoms. The SMILES string of the molecule is C=C(C)C(=O)OCCCCCCCCCCOc1ccc(C(=O)Oc2ccc(OC)cc2)cc1. The van der Waals surface area contributed by atoms with Crippen molar-refractivity contribution in [3.8, 4) is 17.2 Å². The summed E-state index contributed by atoms with van der Waals surface area (Å²) in [7, 11) is 1.59. The van der Waals surface area contributed by atoms with Crippen molar-refractivity contribution in [2.45, 2.75) is 58.3 Å². The Hall–Kier alpha value is -3.28. The summed E-state index contributed by atoms with van der Waals surface area (Å²) < 4.78 is 21.3. The fourth-order valence-electron chi connectivity index (χ4n) is 3.24. The summed E-state index contributed by atoms with van der Waals surface area (Å²) in [6.07, 6.45) is 8.86. The number of carbonyl (C=O) groups excluding carboxylic acids is 2. The first-order valence-corrected chi connectivity index (χ1v) is 11.9. The summed E-state index contributed by atoms with van der Waals surface area (Å²) in [5.41, 5.74) is 0.920. The van der Waals surface area contributed by atoms with Crippen LogP contribution >= 0.6 is 0 Å². The Morgan fingerprint density at radius 2 is 1.21 bits per heavy atom. The molecule has 0 radical (unpaired) electrons. The van der Waals surface area contributed by atoms with Crippen LogP contribution in [0.15, 0.2) is 60.7 Å². The van der Waals surface area contributed by atoms with Gasteiger partial charge in [0.2, 0.25) is 0 Å². The fraction of sp³-hybridized carbons (Fsp3) is 0.429. The second-order valence-electron chi connectivity index (χ2n) is 8.18. The molecule has 0 aliphatic carbocycles. The number of hydrogen-bond donors (Lipinski definition) is 0. The van der Waals surface area contributed by atoms with Gasteiger partial charge < -0.3 is 18.9 Å². The van der Waals surface area contributed by atoms with Crippen LogP contribution in [-0.4, -0.2) is 32.3 Å². The summed E-state index contributed by atoms with van der Waals surface area (Å²) in [6.45, 7) is 6.36. The predicted octanol–water partition coefficient (Wildman–Crippen LogP) is 6.53. The van der Waals surface area contributed by atoms with E-state index in [1.807, 2.05) is 0 Å². The average Bonchev–Trinajstić information content (AvgIpc) is 2.85. The summed E-state index contributed by atoms with van der Waals surface area (Å²) in [4.78, 5) is 23.5. The van der Waals surface area contributed by atoms with Gasteiger partial charge in [0.1, 0.15) is 17.2 Å². The molecule has 0 saturated heterocycles. The van der Waals surface area contributed by atoms with Crippen LogP contribution in [0.1, 0.15) is 68.6 Å². The zero-order chi connectivity index (χ0) is 24.6. The van der Waals surface area contributed by atoms with Gasteiger partial charge in [-0.05, 0) is 68.3 Å². The lowest BCUT2D eigenvalue weighted by Gasteiger charge is -2.08. The highest BCUT2D eigenvalue weighted by Crippen LogP contribution is 2.19. The van der Waals surface area contributed by atoms with Crippen LogP contribution in [0.5, 0.6) is 17.2 Å². The molecule has 0 heterocycles. The van der Waals surface area contributed by atoms with Crippen LogP contribution in [-0.2, 0) is 9.53 Å². The minimum absolute atomic E-state index is 0.301. The third-order valence-corrected chi connectivity index (χ3v) is 5.25. The van der Waals surface area contributed by atoms with E-state index in [0.717, 1.165) is 37.9 Å². The lowest BCUT2D eigenvalue weighted by atomic mass is 10.1. The van der Waals surface area contributed by atoms with Gasteiger partial charge in [0.15, 0.2) is 0 Å². The fourth-order valence-corrected chi connectivity index (χ4v) is 3.24. The molecule has 0 atom stereocenters. The molecule has 0 N–H and O–H groups in total. The largest absolute Gasteiger partial charge is 0.497 e. The Morgan fingerprint density at radius 1 is 0.706 bits per heavy atom. The van der Waals surface area contributed by atoms with Crippen molar-refractivity contribution >= 4 is 11.9 Å². The quantitative estimate of drug-likeness (QED) is 0.121. The summed E-state index contributed by atoms with van der Waals surface area (Å²) >= 11 is 0. The third kappa shape index (κ3) is 10.6. The van der Waals surface area contributed by atoms with Crippen molar-refractivity contribution < 1.29 is 28.5 Å². The van der Waals surface area contributed by atoms with Crippen molar-refractivity contribution in [2.75, 3.05) is 20.3 Å². The van der Waals surface area contributed by atoms with Gasteiger partial charge in [-0.25, -0.2) is 9.59 Å². The zero-order valence-electron chi connectivity index (χ0n) is 20.3. The molecule has 6 heteroatoms. The van der Waals surface area contributed by atoms with Crippen molar-refractivity contribution in [2.24, 2.45) is 0 Å². The van der Waals surface area contributed by atoms with E-state index < -0.39 is 5.97 Å². The van der Waals surface area contributed by atoms with Crippen LogP contribution in [0.25, 0.3) is 0 Å². The second-order valence-corrected chi connectivity index (χ2v) is 8.18. The number of hydrogen-bond acceptors (Lipinski definition) is 6. The third-order valence-electron chi connectivity index (χ3n) is 5.25. The average molecular weight is 469 g/mol. The highest BCUT2D eigenvalue weighted by atomic mass is 16.5. The molecule has 0 spiro atoms. The van der Waals surface area contributed by atoms with Crippen molar-refractivity contribution in [1.29, 1.82) is 0 Å². The molecule has 2 rings (SSSR count). The molecule has 2 aromatic carbocycles. The maximum absolute atomic E-state index is 12.3. The zero-order valence-corrected chi connectivity index (χ0v) is 20.3. The molecule has 2 aromatic rings. The highest BCUT2D eigenvalue weighted by molar-refractivity contribution is 5.91. The van der Waals surface area contributed by atoms with Gasteiger partial charge in [0, 0.05) is 5.57 Å². The highest BCUT2D eigenvalue weighted by Gasteiger charge is 2.09. The van der Waals surface area contributed by atoms with Gasteiger partial charge in [-0.2, -0.15) is 0 Å². The predicted molar refractivity (Wildman–Crippen MR) is 133 cm³/mol. The second kappa shape index (κ2) is 15.5. The van der Waals surface area contributed by atoms with E-state index in [-0.39, 0.29) is 5.97 Å². The number of benzene rings is 2. The normalized spacial score (nSPS) is 10.4. The first kappa shape index (κ1) is 27.0. The van der Waals surface area contributed by atoms with Gasteiger partial charge >= 0.3 is 11.9 Å². The lowest BCUT2D eigenvalue weighted by molar-refractivity contribution is -0.139. The van der Waals surface area contributed by atoms with Gasteiger partial charge in [-0.3, -0.25) is 0 Å². The number of carbonyl (C=O) groups is 2. The maximum atomic E-state index is 12.3. The van der Waals surface area contributed by atoms with E-state index in [1.54, 1.807) is 62.6 Å². The Balaban J connectivity index is 1.50. The number of unbranched alkanes of at least 4 members (excludes halogenated alkanes) is 7. The van der Waals surface area contributed by atoms with Gasteiger partial charge in [-0.15, -0.1) is 0 Å². The van der Waals surface area contributed by atoms with E-state index in [4.69, 9.17) is 18.9 Å². The number of ether oxygens (including phenoxy) is 4. The Kier molecular flexibility index (Phi) is 12.3. The van der Waals surface area contributed by atoms with E-state index in [0.29, 0.717) is 35.8 Å². The molecule has 0 aliphatic heterocycles. The lowest BCUT2D eigenvalue weighted by Crippen LogP contribution is -2.08. The number of rotatable bonds is 16.